The van der Waals surface area contributed by atoms with Gasteiger partial charge in [0, 0.05) is 35.2 Å². The molecule has 0 spiro atoms. The molecule has 0 aliphatic carbocycles. The molecule has 8 nitrogen and oxygen atoms in total. The molecule has 0 saturated heterocycles. The summed E-state index contributed by atoms with van der Waals surface area (Å²) in [4.78, 5) is 27.3. The first-order valence-electron chi connectivity index (χ1n) is 11.0. The Balaban J connectivity index is 1.70. The minimum absolute atomic E-state index is 0.294. The van der Waals surface area contributed by atoms with Gasteiger partial charge in [-0.05, 0) is 43.7 Å². The summed E-state index contributed by atoms with van der Waals surface area (Å²) in [6.07, 6.45) is 1.60. The molecule has 2 heterocycles. The van der Waals surface area contributed by atoms with Gasteiger partial charge in [-0.15, -0.1) is 0 Å². The van der Waals surface area contributed by atoms with E-state index in [1.54, 1.807) is 19.2 Å². The molecule has 1 unspecified atom stereocenters. The number of carboxylic acids is 2. The van der Waals surface area contributed by atoms with Gasteiger partial charge in [0.15, 0.2) is 0 Å². The van der Waals surface area contributed by atoms with Crippen molar-refractivity contribution in [2.45, 2.75) is 37.5 Å². The summed E-state index contributed by atoms with van der Waals surface area (Å²) in [5.41, 5.74) is 0.851. The molecule has 3 aromatic rings. The zero-order valence-electron chi connectivity index (χ0n) is 18.6. The fraction of sp³-hybridized carbons (Fsp3) is 0.269. The van der Waals surface area contributed by atoms with Gasteiger partial charge in [-0.2, -0.15) is 0 Å². The number of aliphatic hydroxyl groups is 1. The van der Waals surface area contributed by atoms with E-state index in [-0.39, 0.29) is 12.0 Å². The maximum atomic E-state index is 11.7. The lowest BCUT2D eigenvalue weighted by molar-refractivity contribution is -0.136. The van der Waals surface area contributed by atoms with Crippen LogP contribution in [0.25, 0.3) is 10.9 Å². The SMILES string of the molecule is CC1(C/C(=C/C(=O)O)C(=O)O)Oc2cc3cccnc3cc2[C@H](NCCc2ccccc2)[C@H]1O. The molecule has 34 heavy (non-hydrogen) atoms. The maximum absolute atomic E-state index is 11.7. The Bertz CT molecular complexity index is 1240. The highest BCUT2D eigenvalue weighted by atomic mass is 16.5. The average molecular weight is 463 g/mol. The number of rotatable bonds is 8. The molecule has 0 fully saturated rings. The molecule has 3 atom stereocenters. The van der Waals surface area contributed by atoms with Crippen molar-refractivity contribution in [1.29, 1.82) is 0 Å². The fourth-order valence-electron chi connectivity index (χ4n) is 4.38. The third kappa shape index (κ3) is 4.93. The molecule has 0 radical (unpaired) electrons. The number of benzene rings is 2. The van der Waals surface area contributed by atoms with Gasteiger partial charge in [-0.3, -0.25) is 4.98 Å². The molecule has 1 aliphatic rings. The van der Waals surface area contributed by atoms with Crippen LogP contribution < -0.4 is 10.1 Å². The molecule has 0 saturated carbocycles. The molecule has 2 aromatic carbocycles. The molecule has 176 valence electrons. The van der Waals surface area contributed by atoms with Crippen LogP contribution >= 0.6 is 0 Å². The standard InChI is InChI=1S/C26H26N2O6/c1-26(15-18(25(32)33)13-22(29)30)24(31)23(28-11-9-16-6-3-2-4-7-16)19-14-20-17(8-5-10-27-20)12-21(19)34-26/h2-8,10,12-14,23-24,28,31H,9,11,15H2,1H3,(H,29,30)(H,32,33)/b18-13-/t23-,24+,26?/m0/s1. The van der Waals surface area contributed by atoms with Crippen molar-refractivity contribution in [3.05, 3.63) is 83.6 Å². The minimum atomic E-state index is -1.38. The van der Waals surface area contributed by atoms with Crippen LogP contribution in [0.3, 0.4) is 0 Å². The number of carboxylic acid groups (broad SMARTS) is 2. The largest absolute Gasteiger partial charge is 0.484 e. The Kier molecular flexibility index (Phi) is 6.63. The number of aromatic nitrogens is 1. The van der Waals surface area contributed by atoms with Gasteiger partial charge in [-0.25, -0.2) is 9.59 Å². The number of hydrogen-bond donors (Lipinski definition) is 4. The van der Waals surface area contributed by atoms with Crippen molar-refractivity contribution in [1.82, 2.24) is 10.3 Å². The quantitative estimate of drug-likeness (QED) is 0.376. The number of pyridine rings is 1. The van der Waals surface area contributed by atoms with Gasteiger partial charge in [0.05, 0.1) is 11.6 Å². The summed E-state index contributed by atoms with van der Waals surface area (Å²) in [5.74, 6) is -2.26. The van der Waals surface area contributed by atoms with E-state index in [0.717, 1.165) is 22.9 Å². The molecular weight excluding hydrogens is 436 g/mol. The number of hydrogen-bond acceptors (Lipinski definition) is 6. The summed E-state index contributed by atoms with van der Waals surface area (Å²) in [5, 5.41) is 34.3. The van der Waals surface area contributed by atoms with E-state index in [0.29, 0.717) is 23.9 Å². The van der Waals surface area contributed by atoms with Gasteiger partial charge in [0.1, 0.15) is 17.5 Å². The second-order valence-electron chi connectivity index (χ2n) is 8.60. The number of nitrogens with one attached hydrogen (secondary N) is 1. The number of carbonyl (C=O) groups is 2. The molecule has 8 heteroatoms. The van der Waals surface area contributed by atoms with Crippen molar-refractivity contribution < 1.29 is 29.6 Å². The smallest absolute Gasteiger partial charge is 0.331 e. The van der Waals surface area contributed by atoms with Gasteiger partial charge in [0.2, 0.25) is 0 Å². The Hall–Kier alpha value is -3.75. The number of nitrogens with zero attached hydrogens (tertiary/aromatic N) is 1. The maximum Gasteiger partial charge on any atom is 0.331 e. The van der Waals surface area contributed by atoms with Crippen molar-refractivity contribution >= 4 is 22.8 Å². The normalized spacial score (nSPS) is 22.1. The minimum Gasteiger partial charge on any atom is -0.484 e. The molecule has 4 rings (SSSR count). The van der Waals surface area contributed by atoms with Gasteiger partial charge in [-0.1, -0.05) is 36.4 Å². The second-order valence-corrected chi connectivity index (χ2v) is 8.60. The van der Waals surface area contributed by atoms with Crippen LogP contribution in [0.2, 0.25) is 0 Å². The predicted molar refractivity (Wildman–Crippen MR) is 126 cm³/mol. The Morgan fingerprint density at radius 2 is 1.91 bits per heavy atom. The summed E-state index contributed by atoms with van der Waals surface area (Å²) in [7, 11) is 0. The number of aliphatic carboxylic acids is 2. The highest BCUT2D eigenvalue weighted by Gasteiger charge is 2.47. The topological polar surface area (TPSA) is 129 Å². The third-order valence-corrected chi connectivity index (χ3v) is 6.09. The zero-order chi connectivity index (χ0) is 24.3. The highest BCUT2D eigenvalue weighted by Crippen LogP contribution is 2.44. The van der Waals surface area contributed by atoms with Crippen LogP contribution in [0.1, 0.15) is 30.5 Å². The lowest BCUT2D eigenvalue weighted by Gasteiger charge is -2.44. The van der Waals surface area contributed by atoms with E-state index in [1.807, 2.05) is 48.5 Å². The summed E-state index contributed by atoms with van der Waals surface area (Å²) in [6.45, 7) is 2.15. The van der Waals surface area contributed by atoms with Crippen molar-refractivity contribution in [2.75, 3.05) is 6.54 Å². The highest BCUT2D eigenvalue weighted by molar-refractivity contribution is 5.94. The Morgan fingerprint density at radius 3 is 2.62 bits per heavy atom. The van der Waals surface area contributed by atoms with Crippen molar-refractivity contribution in [2.24, 2.45) is 0 Å². The molecular formula is C26H26N2O6. The molecule has 4 N–H and O–H groups in total. The monoisotopic (exact) mass is 462 g/mol. The lowest BCUT2D eigenvalue weighted by Crippen LogP contribution is -2.55. The van der Waals surface area contributed by atoms with E-state index in [4.69, 9.17) is 9.84 Å². The summed E-state index contributed by atoms with van der Waals surface area (Å²) < 4.78 is 6.18. The average Bonchev–Trinajstić information content (AvgIpc) is 2.80. The Morgan fingerprint density at radius 1 is 1.15 bits per heavy atom. The van der Waals surface area contributed by atoms with Crippen LogP contribution in [0, 0.1) is 0 Å². The summed E-state index contributed by atoms with van der Waals surface area (Å²) >= 11 is 0. The van der Waals surface area contributed by atoms with Crippen molar-refractivity contribution in [3.8, 4) is 5.75 Å². The molecule has 0 amide bonds. The number of aliphatic hydroxyl groups excluding tert-OH is 1. The molecule has 1 aliphatic heterocycles. The summed E-state index contributed by atoms with van der Waals surface area (Å²) in [6, 6.07) is 16.7. The number of ether oxygens (including phenoxy) is 1. The van der Waals surface area contributed by atoms with E-state index >= 15 is 0 Å². The second kappa shape index (κ2) is 9.62. The Labute approximate surface area is 196 Å². The first-order valence-corrected chi connectivity index (χ1v) is 11.0. The van der Waals surface area contributed by atoms with Crippen LogP contribution in [0.5, 0.6) is 5.75 Å². The first kappa shape index (κ1) is 23.4. The lowest BCUT2D eigenvalue weighted by atomic mass is 9.80. The van der Waals surface area contributed by atoms with Gasteiger partial charge in [0.25, 0.3) is 0 Å². The third-order valence-electron chi connectivity index (χ3n) is 6.09. The molecule has 1 aromatic heterocycles. The van der Waals surface area contributed by atoms with Crippen LogP contribution in [-0.4, -0.2) is 50.5 Å². The zero-order valence-corrected chi connectivity index (χ0v) is 18.6. The van der Waals surface area contributed by atoms with E-state index < -0.39 is 29.7 Å². The van der Waals surface area contributed by atoms with E-state index in [1.165, 1.54) is 0 Å². The fourth-order valence-corrected chi connectivity index (χ4v) is 4.38. The van der Waals surface area contributed by atoms with Gasteiger partial charge < -0.3 is 25.4 Å². The van der Waals surface area contributed by atoms with Crippen molar-refractivity contribution in [3.63, 3.8) is 0 Å². The van der Waals surface area contributed by atoms with E-state index in [9.17, 15) is 19.8 Å². The van der Waals surface area contributed by atoms with Crippen LogP contribution in [0.4, 0.5) is 0 Å². The van der Waals surface area contributed by atoms with Gasteiger partial charge >= 0.3 is 11.9 Å². The number of fused-ring (bicyclic) bond motifs is 2. The van der Waals surface area contributed by atoms with Crippen LogP contribution in [0.15, 0.2) is 72.4 Å². The van der Waals surface area contributed by atoms with Crippen LogP contribution in [-0.2, 0) is 16.0 Å². The first-order chi connectivity index (χ1) is 16.3. The van der Waals surface area contributed by atoms with E-state index in [2.05, 4.69) is 10.3 Å². The predicted octanol–water partition coefficient (Wildman–Crippen LogP) is 3.11. The molecule has 0 bridgehead atoms.